The van der Waals surface area contributed by atoms with Gasteiger partial charge >= 0.3 is 0 Å². The van der Waals surface area contributed by atoms with Gasteiger partial charge in [0.1, 0.15) is 5.75 Å². The minimum absolute atomic E-state index is 0.248. The summed E-state index contributed by atoms with van der Waals surface area (Å²) < 4.78 is 5.83. The van der Waals surface area contributed by atoms with Crippen LogP contribution in [0.4, 0.5) is 0 Å². The van der Waals surface area contributed by atoms with Crippen LogP contribution in [0, 0.1) is 0 Å². The van der Waals surface area contributed by atoms with E-state index in [-0.39, 0.29) is 6.10 Å². The van der Waals surface area contributed by atoms with Crippen LogP contribution in [0.1, 0.15) is 32.3 Å². The first kappa shape index (κ1) is 11.5. The largest absolute Gasteiger partial charge is 0.491 e. The number of para-hydroxylation sites is 1. The molecule has 0 aromatic heterocycles. The fourth-order valence-corrected chi connectivity index (χ4v) is 2.24. The van der Waals surface area contributed by atoms with Crippen molar-refractivity contribution >= 4 is 0 Å². The molecule has 2 rings (SSSR count). The highest BCUT2D eigenvalue weighted by atomic mass is 16.5. The Morgan fingerprint density at radius 1 is 1.38 bits per heavy atom. The number of ether oxygens (including phenoxy) is 1. The van der Waals surface area contributed by atoms with Crippen molar-refractivity contribution in [2.24, 2.45) is 0 Å². The molecule has 0 aliphatic carbocycles. The normalized spacial score (nSPS) is 20.3. The highest BCUT2D eigenvalue weighted by Crippen LogP contribution is 2.22. The molecule has 1 atom stereocenters. The van der Waals surface area contributed by atoms with E-state index in [2.05, 4.69) is 37.4 Å². The van der Waals surface area contributed by atoms with Crippen LogP contribution in [-0.2, 0) is 6.42 Å². The predicted octanol–water partition coefficient (Wildman–Crippen LogP) is 2.77. The van der Waals surface area contributed by atoms with Crippen molar-refractivity contribution in [3.05, 3.63) is 29.8 Å². The van der Waals surface area contributed by atoms with Gasteiger partial charge in [-0.1, -0.05) is 18.2 Å². The van der Waals surface area contributed by atoms with Crippen molar-refractivity contribution in [3.8, 4) is 5.75 Å². The van der Waals surface area contributed by atoms with Gasteiger partial charge in [-0.15, -0.1) is 0 Å². The molecule has 1 unspecified atom stereocenters. The molecule has 1 heterocycles. The molecule has 88 valence electrons. The maximum Gasteiger partial charge on any atom is 0.122 e. The Hall–Kier alpha value is -1.02. The third kappa shape index (κ3) is 2.99. The third-order valence-electron chi connectivity index (χ3n) is 2.96. The molecule has 1 aliphatic rings. The standard InChI is InChI=1S/C14H21NO/c1-11(2)16-14-8-4-3-6-12(14)10-13-7-5-9-15-13/h3-4,6,8,11,13,15H,5,7,9-10H2,1-2H3. The summed E-state index contributed by atoms with van der Waals surface area (Å²) in [6.07, 6.45) is 3.93. The Kier molecular flexibility index (Phi) is 3.83. The summed E-state index contributed by atoms with van der Waals surface area (Å²) in [5, 5.41) is 3.53. The van der Waals surface area contributed by atoms with Gasteiger partial charge in [-0.05, 0) is 51.3 Å². The van der Waals surface area contributed by atoms with E-state index >= 15 is 0 Å². The van der Waals surface area contributed by atoms with Crippen molar-refractivity contribution in [1.82, 2.24) is 5.32 Å². The second-order valence-electron chi connectivity index (χ2n) is 4.77. The summed E-state index contributed by atoms with van der Waals surface area (Å²) in [7, 11) is 0. The molecule has 0 amide bonds. The van der Waals surface area contributed by atoms with Gasteiger partial charge in [0.05, 0.1) is 6.10 Å². The molecule has 2 nitrogen and oxygen atoms in total. The van der Waals surface area contributed by atoms with Gasteiger partial charge in [-0.2, -0.15) is 0 Å². The van der Waals surface area contributed by atoms with E-state index in [1.165, 1.54) is 18.4 Å². The van der Waals surface area contributed by atoms with Gasteiger partial charge in [0.25, 0.3) is 0 Å². The van der Waals surface area contributed by atoms with Crippen molar-refractivity contribution in [2.75, 3.05) is 6.54 Å². The van der Waals surface area contributed by atoms with Crippen LogP contribution < -0.4 is 10.1 Å². The second-order valence-corrected chi connectivity index (χ2v) is 4.77. The van der Waals surface area contributed by atoms with Crippen LogP contribution in [0.2, 0.25) is 0 Å². The first-order chi connectivity index (χ1) is 7.75. The highest BCUT2D eigenvalue weighted by Gasteiger charge is 2.16. The molecule has 16 heavy (non-hydrogen) atoms. The van der Waals surface area contributed by atoms with Crippen molar-refractivity contribution in [1.29, 1.82) is 0 Å². The van der Waals surface area contributed by atoms with E-state index in [0.717, 1.165) is 18.7 Å². The lowest BCUT2D eigenvalue weighted by molar-refractivity contribution is 0.239. The zero-order chi connectivity index (χ0) is 11.4. The average molecular weight is 219 g/mol. The Bertz CT molecular complexity index is 329. The van der Waals surface area contributed by atoms with E-state index in [1.807, 2.05) is 6.07 Å². The van der Waals surface area contributed by atoms with Crippen LogP contribution in [-0.4, -0.2) is 18.7 Å². The van der Waals surface area contributed by atoms with Gasteiger partial charge < -0.3 is 10.1 Å². The minimum atomic E-state index is 0.248. The van der Waals surface area contributed by atoms with Crippen molar-refractivity contribution in [3.63, 3.8) is 0 Å². The number of hydrogen-bond donors (Lipinski definition) is 1. The van der Waals surface area contributed by atoms with Crippen LogP contribution in [0.3, 0.4) is 0 Å². The molecule has 0 saturated carbocycles. The van der Waals surface area contributed by atoms with Crippen molar-refractivity contribution < 1.29 is 4.74 Å². The predicted molar refractivity (Wildman–Crippen MR) is 66.9 cm³/mol. The lowest BCUT2D eigenvalue weighted by Gasteiger charge is -2.16. The first-order valence-corrected chi connectivity index (χ1v) is 6.23. The van der Waals surface area contributed by atoms with E-state index in [1.54, 1.807) is 0 Å². The van der Waals surface area contributed by atoms with E-state index in [0.29, 0.717) is 6.04 Å². The fraction of sp³-hybridized carbons (Fsp3) is 0.571. The quantitative estimate of drug-likeness (QED) is 0.840. The summed E-state index contributed by atoms with van der Waals surface area (Å²) in [6, 6.07) is 9.03. The molecule has 2 heteroatoms. The molecular weight excluding hydrogens is 198 g/mol. The minimum Gasteiger partial charge on any atom is -0.491 e. The molecule has 1 saturated heterocycles. The third-order valence-corrected chi connectivity index (χ3v) is 2.96. The van der Waals surface area contributed by atoms with Gasteiger partial charge in [0.2, 0.25) is 0 Å². The number of benzene rings is 1. The van der Waals surface area contributed by atoms with Crippen LogP contribution >= 0.6 is 0 Å². The van der Waals surface area contributed by atoms with E-state index in [4.69, 9.17) is 4.74 Å². The summed E-state index contributed by atoms with van der Waals surface area (Å²) in [4.78, 5) is 0. The van der Waals surface area contributed by atoms with E-state index in [9.17, 15) is 0 Å². The molecule has 1 aromatic carbocycles. The summed E-state index contributed by atoms with van der Waals surface area (Å²) in [5.41, 5.74) is 1.33. The van der Waals surface area contributed by atoms with Crippen LogP contribution in [0.15, 0.2) is 24.3 Å². The first-order valence-electron chi connectivity index (χ1n) is 6.23. The Morgan fingerprint density at radius 2 is 2.19 bits per heavy atom. The SMILES string of the molecule is CC(C)Oc1ccccc1CC1CCCN1. The van der Waals surface area contributed by atoms with Crippen LogP contribution in [0.25, 0.3) is 0 Å². The van der Waals surface area contributed by atoms with E-state index < -0.39 is 0 Å². The lowest BCUT2D eigenvalue weighted by atomic mass is 10.0. The smallest absolute Gasteiger partial charge is 0.122 e. The van der Waals surface area contributed by atoms with Crippen LogP contribution in [0.5, 0.6) is 5.75 Å². The van der Waals surface area contributed by atoms with Gasteiger partial charge in [0.15, 0.2) is 0 Å². The monoisotopic (exact) mass is 219 g/mol. The molecule has 0 bridgehead atoms. The molecule has 0 radical (unpaired) electrons. The molecule has 1 aliphatic heterocycles. The highest BCUT2D eigenvalue weighted by molar-refractivity contribution is 5.34. The van der Waals surface area contributed by atoms with Crippen molar-refractivity contribution in [2.45, 2.75) is 45.3 Å². The summed E-state index contributed by atoms with van der Waals surface area (Å²) in [6.45, 7) is 5.31. The average Bonchev–Trinajstić information content (AvgIpc) is 2.73. The maximum atomic E-state index is 5.83. The summed E-state index contributed by atoms with van der Waals surface area (Å²) in [5.74, 6) is 1.05. The number of hydrogen-bond acceptors (Lipinski definition) is 2. The zero-order valence-corrected chi connectivity index (χ0v) is 10.2. The molecule has 1 aromatic rings. The molecular formula is C14H21NO. The topological polar surface area (TPSA) is 21.3 Å². The number of rotatable bonds is 4. The zero-order valence-electron chi connectivity index (χ0n) is 10.2. The second kappa shape index (κ2) is 5.35. The van der Waals surface area contributed by atoms with Gasteiger partial charge in [0, 0.05) is 6.04 Å². The molecule has 1 N–H and O–H groups in total. The Morgan fingerprint density at radius 3 is 2.88 bits per heavy atom. The lowest BCUT2D eigenvalue weighted by Crippen LogP contribution is -2.24. The number of nitrogens with one attached hydrogen (secondary N) is 1. The van der Waals surface area contributed by atoms with Gasteiger partial charge in [-0.25, -0.2) is 0 Å². The van der Waals surface area contributed by atoms with Gasteiger partial charge in [-0.3, -0.25) is 0 Å². The summed E-state index contributed by atoms with van der Waals surface area (Å²) >= 11 is 0. The molecule has 1 fully saturated rings. The maximum absolute atomic E-state index is 5.83. The molecule has 0 spiro atoms. The Balaban J connectivity index is 2.06. The Labute approximate surface area is 98.0 Å². The fourth-order valence-electron chi connectivity index (χ4n) is 2.24.